The fraction of sp³-hybridized carbons (Fsp3) is 0.600. The van der Waals surface area contributed by atoms with Crippen LogP contribution >= 0.6 is 0 Å². The van der Waals surface area contributed by atoms with Crippen molar-refractivity contribution in [2.45, 2.75) is 53.9 Å². The Morgan fingerprint density at radius 3 is 2.23 bits per heavy atom. The van der Waals surface area contributed by atoms with E-state index in [1.165, 1.54) is 0 Å². The summed E-state index contributed by atoms with van der Waals surface area (Å²) in [7, 11) is 0. The van der Waals surface area contributed by atoms with E-state index < -0.39 is 51.9 Å². The van der Waals surface area contributed by atoms with E-state index in [4.69, 9.17) is 4.74 Å². The number of carbonyl (C=O) groups is 4. The minimum absolute atomic E-state index is 0.0574. The first-order chi connectivity index (χ1) is 11.9. The average Bonchev–Trinajstić information content (AvgIpc) is 2.57. The highest BCUT2D eigenvalue weighted by atomic mass is 16.6. The lowest BCUT2D eigenvalue weighted by molar-refractivity contribution is -0.167. The van der Waals surface area contributed by atoms with Crippen LogP contribution in [0.15, 0.2) is 22.5 Å². The van der Waals surface area contributed by atoms with Crippen molar-refractivity contribution in [1.29, 1.82) is 0 Å². The molecule has 1 saturated carbocycles. The van der Waals surface area contributed by atoms with Crippen LogP contribution in [0.25, 0.3) is 0 Å². The second kappa shape index (κ2) is 5.63. The van der Waals surface area contributed by atoms with E-state index in [2.05, 4.69) is 0 Å². The minimum atomic E-state index is -1.05. The van der Waals surface area contributed by atoms with Crippen molar-refractivity contribution >= 4 is 23.5 Å². The Morgan fingerprint density at radius 1 is 1.04 bits per heavy atom. The number of aliphatic hydroxyl groups is 1. The number of ketones is 2. The number of rotatable bonds is 1. The zero-order valence-electron chi connectivity index (χ0n) is 15.8. The Morgan fingerprint density at radius 2 is 1.65 bits per heavy atom. The molecule has 0 radical (unpaired) electrons. The van der Waals surface area contributed by atoms with E-state index in [-0.39, 0.29) is 16.7 Å². The Hall–Kier alpha value is -2.24. The molecule has 3 aliphatic rings. The maximum Gasteiger partial charge on any atom is 0.350 e. The van der Waals surface area contributed by atoms with Gasteiger partial charge >= 0.3 is 11.9 Å². The third-order valence-electron chi connectivity index (χ3n) is 6.14. The van der Waals surface area contributed by atoms with Crippen LogP contribution in [0.2, 0.25) is 0 Å². The van der Waals surface area contributed by atoms with Gasteiger partial charge in [0.25, 0.3) is 0 Å². The summed E-state index contributed by atoms with van der Waals surface area (Å²) in [6.07, 6.45) is 1.94. The minimum Gasteiger partial charge on any atom is -0.507 e. The zero-order valence-corrected chi connectivity index (χ0v) is 15.8. The number of esters is 2. The molecule has 2 aliphatic carbocycles. The third-order valence-corrected chi connectivity index (χ3v) is 6.14. The third kappa shape index (κ3) is 2.31. The number of hydrogen-bond donors (Lipinski definition) is 1. The van der Waals surface area contributed by atoms with Gasteiger partial charge in [0, 0.05) is 16.6 Å². The van der Waals surface area contributed by atoms with Gasteiger partial charge in [-0.1, -0.05) is 41.0 Å². The Balaban J connectivity index is 2.37. The quantitative estimate of drug-likeness (QED) is 0.334. The fourth-order valence-electron chi connectivity index (χ4n) is 5.10. The van der Waals surface area contributed by atoms with Gasteiger partial charge in [0.15, 0.2) is 0 Å². The number of hydrogen-bond acceptors (Lipinski definition) is 6. The molecule has 140 valence electrons. The normalized spacial score (nSPS) is 31.7. The van der Waals surface area contributed by atoms with E-state index in [1.54, 1.807) is 20.8 Å². The number of cyclic esters (lactones) is 2. The van der Waals surface area contributed by atoms with E-state index in [9.17, 15) is 24.3 Å². The molecule has 6 heteroatoms. The zero-order chi connectivity index (χ0) is 19.6. The summed E-state index contributed by atoms with van der Waals surface area (Å²) in [5.41, 5.74) is -2.01. The lowest BCUT2D eigenvalue weighted by Crippen LogP contribution is -2.49. The van der Waals surface area contributed by atoms with E-state index >= 15 is 0 Å². The molecule has 1 fully saturated rings. The number of allylic oxidation sites excluding steroid dienone is 2. The monoisotopic (exact) mass is 360 g/mol. The number of ether oxygens (including phenoxy) is 1. The highest BCUT2D eigenvalue weighted by Gasteiger charge is 2.60. The van der Waals surface area contributed by atoms with Crippen LogP contribution in [0.5, 0.6) is 0 Å². The summed E-state index contributed by atoms with van der Waals surface area (Å²) in [5.74, 6) is -5.07. The molecule has 1 heterocycles. The molecule has 1 N–H and O–H groups in total. The molecule has 1 aliphatic heterocycles. The molecule has 3 rings (SSSR count). The molecule has 0 aromatic heterocycles. The maximum absolute atomic E-state index is 13.0. The molecule has 2 atom stereocenters. The summed E-state index contributed by atoms with van der Waals surface area (Å²) in [6, 6.07) is 0. The summed E-state index contributed by atoms with van der Waals surface area (Å²) >= 11 is 0. The summed E-state index contributed by atoms with van der Waals surface area (Å²) in [4.78, 5) is 51.1. The molecule has 0 spiro atoms. The molecule has 2 unspecified atom stereocenters. The van der Waals surface area contributed by atoms with Crippen molar-refractivity contribution in [3.8, 4) is 0 Å². The smallest absolute Gasteiger partial charge is 0.350 e. The van der Waals surface area contributed by atoms with Gasteiger partial charge in [-0.15, -0.1) is 0 Å². The Labute approximate surface area is 152 Å². The Kier molecular flexibility index (Phi) is 4.01. The van der Waals surface area contributed by atoms with Gasteiger partial charge in [0.05, 0.1) is 5.92 Å². The van der Waals surface area contributed by atoms with E-state index in [0.717, 1.165) is 12.8 Å². The second-order valence-corrected chi connectivity index (χ2v) is 8.73. The van der Waals surface area contributed by atoms with Crippen molar-refractivity contribution in [3.63, 3.8) is 0 Å². The number of carbonyl (C=O) groups excluding carboxylic acids is 4. The summed E-state index contributed by atoms with van der Waals surface area (Å²) in [5, 5.41) is 10.7. The average molecular weight is 360 g/mol. The van der Waals surface area contributed by atoms with Crippen molar-refractivity contribution in [2.75, 3.05) is 0 Å². The van der Waals surface area contributed by atoms with E-state index in [1.807, 2.05) is 13.8 Å². The van der Waals surface area contributed by atoms with Crippen LogP contribution in [-0.4, -0.2) is 28.6 Å². The van der Waals surface area contributed by atoms with Crippen LogP contribution in [-0.2, 0) is 23.9 Å². The van der Waals surface area contributed by atoms with Gasteiger partial charge in [-0.3, -0.25) is 14.4 Å². The van der Waals surface area contributed by atoms with E-state index in [0.29, 0.717) is 6.42 Å². The van der Waals surface area contributed by atoms with Crippen molar-refractivity contribution in [3.05, 3.63) is 22.5 Å². The maximum atomic E-state index is 13.0. The summed E-state index contributed by atoms with van der Waals surface area (Å²) < 4.78 is 5.04. The fourth-order valence-corrected chi connectivity index (χ4v) is 5.10. The first kappa shape index (κ1) is 18.5. The highest BCUT2D eigenvalue weighted by Crippen LogP contribution is 2.58. The van der Waals surface area contributed by atoms with Gasteiger partial charge in [-0.05, 0) is 24.2 Å². The lowest BCUT2D eigenvalue weighted by atomic mass is 9.52. The van der Waals surface area contributed by atoms with Crippen LogP contribution in [0.3, 0.4) is 0 Å². The van der Waals surface area contributed by atoms with Crippen LogP contribution in [0.4, 0.5) is 0 Å². The van der Waals surface area contributed by atoms with Gasteiger partial charge in [0.1, 0.15) is 11.3 Å². The van der Waals surface area contributed by atoms with Crippen LogP contribution < -0.4 is 0 Å². The summed E-state index contributed by atoms with van der Waals surface area (Å²) in [6.45, 7) is 8.84. The van der Waals surface area contributed by atoms with Crippen molar-refractivity contribution in [1.82, 2.24) is 0 Å². The van der Waals surface area contributed by atoms with Gasteiger partial charge in [0.2, 0.25) is 11.6 Å². The standard InChI is InChI=1S/C20H24O6/c1-9(2)10-13(21)11-12(15(23)14(10)22)20(5)8-6-7-19(3,4)16(20)18(25)26-17(11)24/h9,16,21H,6-8H2,1-5H3. The molecule has 0 aromatic rings. The molecule has 0 bridgehead atoms. The molecule has 6 nitrogen and oxygen atoms in total. The molecular weight excluding hydrogens is 336 g/mol. The van der Waals surface area contributed by atoms with Crippen LogP contribution in [0.1, 0.15) is 53.9 Å². The van der Waals surface area contributed by atoms with Crippen LogP contribution in [0, 0.1) is 22.7 Å². The SMILES string of the molecule is CC(C)C1=C(O)C2=C(C(=O)C1=O)C1(C)CCCC(C)(C)C1C(=O)OC2=O. The first-order valence-corrected chi connectivity index (χ1v) is 8.96. The molecule has 0 amide bonds. The topological polar surface area (TPSA) is 97.7 Å². The van der Waals surface area contributed by atoms with Crippen molar-refractivity contribution < 1.29 is 29.0 Å². The number of aliphatic hydroxyl groups excluding tert-OH is 1. The predicted octanol–water partition coefficient (Wildman–Crippen LogP) is 2.82. The van der Waals surface area contributed by atoms with Gasteiger partial charge in [-0.2, -0.15) is 0 Å². The molecule has 0 saturated heterocycles. The molecule has 26 heavy (non-hydrogen) atoms. The second-order valence-electron chi connectivity index (χ2n) is 8.73. The predicted molar refractivity (Wildman–Crippen MR) is 91.9 cm³/mol. The molecule has 0 aromatic carbocycles. The van der Waals surface area contributed by atoms with Crippen molar-refractivity contribution in [2.24, 2.45) is 22.7 Å². The largest absolute Gasteiger partial charge is 0.507 e. The highest BCUT2D eigenvalue weighted by molar-refractivity contribution is 6.51. The Bertz CT molecular complexity index is 810. The van der Waals surface area contributed by atoms with Gasteiger partial charge < -0.3 is 9.84 Å². The lowest BCUT2D eigenvalue weighted by Gasteiger charge is -2.49. The number of fused-ring (bicyclic) bond motifs is 2. The molecular formula is C20H24O6. The number of Topliss-reactive ketones (excluding diaryl/α,β-unsaturated/α-hetero) is 2. The van der Waals surface area contributed by atoms with Gasteiger partial charge in [-0.25, -0.2) is 4.79 Å². The first-order valence-electron chi connectivity index (χ1n) is 8.96.